The molecule has 0 bridgehead atoms. The average Bonchev–Trinajstić information content (AvgIpc) is 2.86. The number of nitrogens with one attached hydrogen (secondary N) is 2. The summed E-state index contributed by atoms with van der Waals surface area (Å²) in [5, 5.41) is 15.9. The number of carboxylic acids is 1. The van der Waals surface area contributed by atoms with Gasteiger partial charge in [0.25, 0.3) is 11.5 Å². The van der Waals surface area contributed by atoms with Crippen LogP contribution in [-0.2, 0) is 16.6 Å². The normalized spacial score (nSPS) is 14.1. The van der Waals surface area contributed by atoms with Crippen LogP contribution in [0, 0.1) is 5.92 Å². The molecule has 0 saturated carbocycles. The molecule has 0 unspecified atom stereocenters. The Morgan fingerprint density at radius 1 is 1.26 bits per heavy atom. The first-order chi connectivity index (χ1) is 16.8. The summed E-state index contributed by atoms with van der Waals surface area (Å²) in [6.45, 7) is 0.819. The summed E-state index contributed by atoms with van der Waals surface area (Å²) in [4.78, 5) is 46.1. The highest BCUT2D eigenvalue weighted by atomic mass is 35.5. The lowest BCUT2D eigenvalue weighted by Gasteiger charge is -2.30. The molecule has 1 saturated heterocycles. The van der Waals surface area contributed by atoms with Crippen LogP contribution in [0.5, 0.6) is 5.75 Å². The second-order valence-electron chi connectivity index (χ2n) is 8.20. The van der Waals surface area contributed by atoms with E-state index >= 15 is 0 Å². The number of fused-ring (bicyclic) bond motifs is 1. The number of carbonyl (C=O) groups is 2. The van der Waals surface area contributed by atoms with Gasteiger partial charge in [0.15, 0.2) is 18.2 Å². The van der Waals surface area contributed by atoms with Crippen molar-refractivity contribution in [3.8, 4) is 5.75 Å². The molecule has 1 aliphatic rings. The summed E-state index contributed by atoms with van der Waals surface area (Å²) in [7, 11) is 3.12. The van der Waals surface area contributed by atoms with E-state index in [0.717, 1.165) is 0 Å². The minimum Gasteiger partial charge on any atom is -0.481 e. The van der Waals surface area contributed by atoms with Gasteiger partial charge >= 0.3 is 5.97 Å². The standard InChI is InChI=1S/C23H25ClN6O5/c1-25-19(31)12-35-18-10-14-9-15(3-4-17(14)29(2)21(18)32)27-20-16(24)11-26-23(28-20)30-7-5-13(6-8-30)22(33)34/h3-4,9-11,13H,5-8,12H2,1-2H3,(H,25,31)(H,33,34)(H,26,27,28). The summed E-state index contributed by atoms with van der Waals surface area (Å²) in [5.74, 6) is -0.544. The maximum Gasteiger partial charge on any atom is 0.306 e. The Morgan fingerprint density at radius 3 is 2.69 bits per heavy atom. The third kappa shape index (κ3) is 5.29. The maximum absolute atomic E-state index is 12.6. The molecule has 0 aliphatic carbocycles. The van der Waals surface area contributed by atoms with Gasteiger partial charge in [0.1, 0.15) is 5.02 Å². The number of halogens is 1. The van der Waals surface area contributed by atoms with Crippen LogP contribution in [0.15, 0.2) is 35.3 Å². The molecule has 1 aromatic carbocycles. The van der Waals surface area contributed by atoms with Crippen molar-refractivity contribution in [1.29, 1.82) is 0 Å². The van der Waals surface area contributed by atoms with Gasteiger partial charge in [-0.1, -0.05) is 11.6 Å². The highest BCUT2D eigenvalue weighted by Gasteiger charge is 2.26. The molecule has 3 heterocycles. The lowest BCUT2D eigenvalue weighted by Crippen LogP contribution is -2.37. The Labute approximate surface area is 205 Å². The number of aromatic nitrogens is 3. The van der Waals surface area contributed by atoms with E-state index in [1.54, 1.807) is 25.2 Å². The topological polar surface area (TPSA) is 139 Å². The fraction of sp³-hybridized carbons (Fsp3) is 0.348. The zero-order valence-electron chi connectivity index (χ0n) is 19.2. The zero-order chi connectivity index (χ0) is 25.1. The van der Waals surface area contributed by atoms with Gasteiger partial charge in [-0.3, -0.25) is 14.4 Å². The third-order valence-corrected chi connectivity index (χ3v) is 6.23. The first-order valence-corrected chi connectivity index (χ1v) is 11.4. The fourth-order valence-electron chi connectivity index (χ4n) is 3.91. The number of nitrogens with zero attached hydrogens (tertiary/aromatic N) is 4. The number of rotatable bonds is 7. The summed E-state index contributed by atoms with van der Waals surface area (Å²) in [6.07, 6.45) is 2.56. The van der Waals surface area contributed by atoms with Crippen molar-refractivity contribution in [1.82, 2.24) is 19.9 Å². The number of piperidine rings is 1. The van der Waals surface area contributed by atoms with Crippen molar-refractivity contribution < 1.29 is 19.4 Å². The molecular formula is C23H25ClN6O5. The molecule has 12 heteroatoms. The number of pyridine rings is 1. The van der Waals surface area contributed by atoms with E-state index in [9.17, 15) is 19.5 Å². The Hall–Kier alpha value is -3.86. The Morgan fingerprint density at radius 2 is 2.00 bits per heavy atom. The predicted octanol–water partition coefficient (Wildman–Crippen LogP) is 2.15. The van der Waals surface area contributed by atoms with Gasteiger partial charge in [-0.2, -0.15) is 4.98 Å². The maximum atomic E-state index is 12.6. The summed E-state index contributed by atoms with van der Waals surface area (Å²) in [6, 6.07) is 6.99. The average molecular weight is 501 g/mol. The van der Waals surface area contributed by atoms with E-state index in [1.165, 1.54) is 17.8 Å². The predicted molar refractivity (Wildman–Crippen MR) is 132 cm³/mol. The van der Waals surface area contributed by atoms with Crippen LogP contribution in [0.3, 0.4) is 0 Å². The van der Waals surface area contributed by atoms with Gasteiger partial charge in [-0.15, -0.1) is 0 Å². The van der Waals surface area contributed by atoms with Crippen LogP contribution in [0.25, 0.3) is 10.9 Å². The van der Waals surface area contributed by atoms with Crippen LogP contribution in [0.4, 0.5) is 17.5 Å². The lowest BCUT2D eigenvalue weighted by molar-refractivity contribution is -0.142. The number of carbonyl (C=O) groups excluding carboxylic acids is 1. The highest BCUT2D eigenvalue weighted by Crippen LogP contribution is 2.29. The molecule has 0 radical (unpaired) electrons. The number of ether oxygens (including phenoxy) is 1. The number of aliphatic carboxylic acids is 1. The molecular weight excluding hydrogens is 476 g/mol. The minimum absolute atomic E-state index is 0.0628. The van der Waals surface area contributed by atoms with E-state index in [4.69, 9.17) is 16.3 Å². The monoisotopic (exact) mass is 500 g/mol. The molecule has 11 nitrogen and oxygen atoms in total. The van der Waals surface area contributed by atoms with Crippen LogP contribution >= 0.6 is 11.6 Å². The Kier molecular flexibility index (Phi) is 7.06. The molecule has 1 aliphatic heterocycles. The molecule has 3 aromatic rings. The van der Waals surface area contributed by atoms with Crippen LogP contribution in [0.2, 0.25) is 5.02 Å². The summed E-state index contributed by atoms with van der Waals surface area (Å²) < 4.78 is 6.86. The molecule has 4 rings (SSSR count). The van der Waals surface area contributed by atoms with Crippen molar-refractivity contribution in [2.75, 3.05) is 37.0 Å². The second kappa shape index (κ2) is 10.2. The van der Waals surface area contributed by atoms with Gasteiger partial charge in [0.05, 0.1) is 17.6 Å². The molecule has 184 valence electrons. The molecule has 0 atom stereocenters. The molecule has 3 N–H and O–H groups in total. The van der Waals surface area contributed by atoms with Crippen molar-refractivity contribution in [2.45, 2.75) is 12.8 Å². The summed E-state index contributed by atoms with van der Waals surface area (Å²) >= 11 is 6.34. The van der Waals surface area contributed by atoms with Gasteiger partial charge in [0.2, 0.25) is 5.95 Å². The lowest BCUT2D eigenvalue weighted by atomic mass is 9.97. The van der Waals surface area contributed by atoms with E-state index in [2.05, 4.69) is 20.6 Å². The molecule has 1 fully saturated rings. The third-order valence-electron chi connectivity index (χ3n) is 5.95. The number of anilines is 3. The van der Waals surface area contributed by atoms with Crippen LogP contribution < -0.4 is 25.8 Å². The quantitative estimate of drug-likeness (QED) is 0.445. The first-order valence-electron chi connectivity index (χ1n) is 11.0. The van der Waals surface area contributed by atoms with Gasteiger partial charge < -0.3 is 29.9 Å². The molecule has 0 spiro atoms. The largest absolute Gasteiger partial charge is 0.481 e. The van der Waals surface area contributed by atoms with E-state index in [0.29, 0.717) is 59.3 Å². The number of hydrogen-bond donors (Lipinski definition) is 3. The highest BCUT2D eigenvalue weighted by molar-refractivity contribution is 6.32. The Bertz CT molecular complexity index is 1340. The van der Waals surface area contributed by atoms with Gasteiger partial charge in [-0.05, 0) is 37.1 Å². The van der Waals surface area contributed by atoms with Crippen molar-refractivity contribution in [3.63, 3.8) is 0 Å². The Balaban J connectivity index is 1.58. The van der Waals surface area contributed by atoms with Crippen molar-refractivity contribution >= 4 is 51.8 Å². The van der Waals surface area contributed by atoms with Gasteiger partial charge in [-0.25, -0.2) is 4.98 Å². The van der Waals surface area contributed by atoms with Crippen molar-refractivity contribution in [3.05, 3.63) is 45.8 Å². The van der Waals surface area contributed by atoms with E-state index in [1.807, 2.05) is 11.0 Å². The van der Waals surface area contributed by atoms with Crippen LogP contribution in [-0.4, -0.2) is 58.3 Å². The number of hydrogen-bond acceptors (Lipinski definition) is 8. The fourth-order valence-corrected chi connectivity index (χ4v) is 4.05. The molecule has 35 heavy (non-hydrogen) atoms. The molecule has 1 amide bonds. The van der Waals surface area contributed by atoms with Gasteiger partial charge in [0, 0.05) is 38.3 Å². The number of carboxylic acid groups (broad SMARTS) is 1. The number of likely N-dealkylation sites (N-methyl/N-ethyl adjacent to an activating group) is 1. The number of aryl methyl sites for hydroxylation is 1. The first kappa shape index (κ1) is 24.3. The minimum atomic E-state index is -0.778. The SMILES string of the molecule is CNC(=O)COc1cc2cc(Nc3nc(N4CCC(C(=O)O)CC4)ncc3Cl)ccc2n(C)c1=O. The van der Waals surface area contributed by atoms with Crippen LogP contribution in [0.1, 0.15) is 12.8 Å². The van der Waals surface area contributed by atoms with E-state index < -0.39 is 5.97 Å². The van der Waals surface area contributed by atoms with Crippen molar-refractivity contribution in [2.24, 2.45) is 13.0 Å². The smallest absolute Gasteiger partial charge is 0.306 e. The number of benzene rings is 1. The summed E-state index contributed by atoms with van der Waals surface area (Å²) in [5.41, 5.74) is 1.01. The van der Waals surface area contributed by atoms with E-state index in [-0.39, 0.29) is 29.7 Å². The zero-order valence-corrected chi connectivity index (χ0v) is 20.0. The number of amides is 1. The molecule has 2 aromatic heterocycles. The second-order valence-corrected chi connectivity index (χ2v) is 8.61.